The van der Waals surface area contributed by atoms with Crippen molar-refractivity contribution in [1.29, 1.82) is 0 Å². The molecule has 2 fully saturated rings. The molecule has 3 heteroatoms. The molecule has 0 bridgehead atoms. The summed E-state index contributed by atoms with van der Waals surface area (Å²) in [5.74, 6) is 0.345. The van der Waals surface area contributed by atoms with Crippen LogP contribution in [-0.2, 0) is 16.1 Å². The van der Waals surface area contributed by atoms with Gasteiger partial charge >= 0.3 is 5.97 Å². The number of ether oxygens (including phenoxy) is 1. The van der Waals surface area contributed by atoms with E-state index in [1.165, 1.54) is 5.56 Å². The zero-order valence-electron chi connectivity index (χ0n) is 14.1. The first kappa shape index (κ1) is 15.5. The fourth-order valence-corrected chi connectivity index (χ4v) is 4.39. The molecule has 0 aliphatic carbocycles. The third-order valence-corrected chi connectivity index (χ3v) is 5.23. The van der Waals surface area contributed by atoms with Gasteiger partial charge in [0.2, 0.25) is 0 Å². The standard InChI is InChI=1S/C19H27NO2/c1-14-16-11-22-17(21)19(16,12-18(2,3)4)13-20(14)10-15-8-6-5-7-9-15/h5-9,14,16H,10-13H2,1-4H3/t14-,16-,19+/m1/s1. The van der Waals surface area contributed by atoms with Crippen molar-refractivity contribution in [3.63, 3.8) is 0 Å². The maximum Gasteiger partial charge on any atom is 0.313 e. The lowest BCUT2D eigenvalue weighted by atomic mass is 9.68. The topological polar surface area (TPSA) is 29.5 Å². The summed E-state index contributed by atoms with van der Waals surface area (Å²) in [5, 5.41) is 0. The number of hydrogen-bond acceptors (Lipinski definition) is 3. The second-order valence-electron chi connectivity index (χ2n) is 8.23. The summed E-state index contributed by atoms with van der Waals surface area (Å²) < 4.78 is 5.47. The first-order valence-electron chi connectivity index (χ1n) is 8.27. The van der Waals surface area contributed by atoms with E-state index in [0.29, 0.717) is 18.6 Å². The molecule has 2 aliphatic heterocycles. The minimum absolute atomic E-state index is 0.0230. The van der Waals surface area contributed by atoms with E-state index in [0.717, 1.165) is 19.5 Å². The third kappa shape index (κ3) is 2.67. The van der Waals surface area contributed by atoms with Gasteiger partial charge in [0, 0.05) is 25.0 Å². The zero-order chi connectivity index (χ0) is 16.0. The maximum absolute atomic E-state index is 12.6. The lowest BCUT2D eigenvalue weighted by molar-refractivity contribution is -0.148. The predicted octanol–water partition coefficient (Wildman–Crippen LogP) is 3.49. The largest absolute Gasteiger partial charge is 0.465 e. The lowest BCUT2D eigenvalue weighted by Gasteiger charge is -2.32. The van der Waals surface area contributed by atoms with Crippen molar-refractivity contribution < 1.29 is 9.53 Å². The lowest BCUT2D eigenvalue weighted by Crippen LogP contribution is -2.38. The molecule has 1 aromatic carbocycles. The molecule has 0 aromatic heterocycles. The minimum Gasteiger partial charge on any atom is -0.465 e. The molecule has 0 unspecified atom stereocenters. The van der Waals surface area contributed by atoms with Crippen LogP contribution in [0.3, 0.4) is 0 Å². The molecular formula is C19H27NO2. The number of fused-ring (bicyclic) bond motifs is 1. The highest BCUT2D eigenvalue weighted by Crippen LogP contribution is 2.52. The number of carbonyl (C=O) groups excluding carboxylic acids is 1. The second-order valence-corrected chi connectivity index (χ2v) is 8.23. The average molecular weight is 301 g/mol. The number of cyclic esters (lactones) is 1. The van der Waals surface area contributed by atoms with Crippen LogP contribution in [0.1, 0.15) is 39.7 Å². The van der Waals surface area contributed by atoms with Gasteiger partial charge in [0.05, 0.1) is 12.0 Å². The molecule has 3 rings (SSSR count). The molecule has 2 aliphatic rings. The van der Waals surface area contributed by atoms with Crippen LogP contribution >= 0.6 is 0 Å². The first-order chi connectivity index (χ1) is 10.3. The number of carbonyl (C=O) groups is 1. The molecule has 3 atom stereocenters. The molecule has 0 N–H and O–H groups in total. The van der Waals surface area contributed by atoms with Gasteiger partial charge in [-0.25, -0.2) is 0 Å². The van der Waals surface area contributed by atoms with E-state index in [1.807, 2.05) is 6.07 Å². The van der Waals surface area contributed by atoms with Crippen LogP contribution < -0.4 is 0 Å². The molecule has 2 saturated heterocycles. The van der Waals surface area contributed by atoms with Crippen molar-refractivity contribution in [3.05, 3.63) is 35.9 Å². The van der Waals surface area contributed by atoms with Crippen molar-refractivity contribution in [2.24, 2.45) is 16.7 Å². The highest BCUT2D eigenvalue weighted by molar-refractivity contribution is 5.80. The van der Waals surface area contributed by atoms with Gasteiger partial charge in [0.1, 0.15) is 0 Å². The van der Waals surface area contributed by atoms with Crippen molar-refractivity contribution >= 4 is 5.97 Å². The van der Waals surface area contributed by atoms with Crippen LogP contribution in [0.25, 0.3) is 0 Å². The Morgan fingerprint density at radius 1 is 1.27 bits per heavy atom. The van der Waals surface area contributed by atoms with Crippen LogP contribution in [0.15, 0.2) is 30.3 Å². The highest BCUT2D eigenvalue weighted by atomic mass is 16.5. The van der Waals surface area contributed by atoms with E-state index in [-0.39, 0.29) is 16.8 Å². The quantitative estimate of drug-likeness (QED) is 0.800. The van der Waals surface area contributed by atoms with Crippen molar-refractivity contribution in [3.8, 4) is 0 Å². The van der Waals surface area contributed by atoms with Crippen molar-refractivity contribution in [2.45, 2.75) is 46.7 Å². The highest BCUT2D eigenvalue weighted by Gasteiger charge is 2.61. The Kier molecular flexibility index (Phi) is 3.80. The smallest absolute Gasteiger partial charge is 0.313 e. The van der Waals surface area contributed by atoms with Crippen LogP contribution in [-0.4, -0.2) is 30.1 Å². The zero-order valence-corrected chi connectivity index (χ0v) is 14.1. The summed E-state index contributed by atoms with van der Waals surface area (Å²) in [7, 11) is 0. The van der Waals surface area contributed by atoms with Gasteiger partial charge in [-0.3, -0.25) is 9.69 Å². The number of esters is 1. The Balaban J connectivity index is 1.84. The number of nitrogens with zero attached hydrogens (tertiary/aromatic N) is 1. The molecule has 2 heterocycles. The first-order valence-corrected chi connectivity index (χ1v) is 8.27. The number of benzene rings is 1. The molecule has 0 amide bonds. The molecule has 3 nitrogen and oxygen atoms in total. The van der Waals surface area contributed by atoms with E-state index in [9.17, 15) is 4.79 Å². The number of likely N-dealkylation sites (tertiary alicyclic amines) is 1. The molecule has 0 spiro atoms. The van der Waals surface area contributed by atoms with Gasteiger partial charge in [-0.05, 0) is 24.3 Å². The Bertz CT molecular complexity index is 548. The number of hydrogen-bond donors (Lipinski definition) is 0. The summed E-state index contributed by atoms with van der Waals surface area (Å²) in [6.07, 6.45) is 0.902. The molecule has 1 aromatic rings. The van der Waals surface area contributed by atoms with Gasteiger partial charge < -0.3 is 4.74 Å². The summed E-state index contributed by atoms with van der Waals surface area (Å²) in [4.78, 5) is 15.0. The van der Waals surface area contributed by atoms with Crippen LogP contribution in [0.2, 0.25) is 0 Å². The van der Waals surface area contributed by atoms with E-state index in [4.69, 9.17) is 4.74 Å². The Morgan fingerprint density at radius 2 is 1.95 bits per heavy atom. The fraction of sp³-hybridized carbons (Fsp3) is 0.632. The van der Waals surface area contributed by atoms with Gasteiger partial charge in [-0.1, -0.05) is 51.1 Å². The monoisotopic (exact) mass is 301 g/mol. The normalized spacial score (nSPS) is 32.1. The van der Waals surface area contributed by atoms with Gasteiger partial charge in [0.25, 0.3) is 0 Å². The predicted molar refractivity (Wildman–Crippen MR) is 87.3 cm³/mol. The summed E-state index contributed by atoms with van der Waals surface area (Å²) >= 11 is 0. The van der Waals surface area contributed by atoms with Crippen LogP contribution in [0, 0.1) is 16.7 Å². The summed E-state index contributed by atoms with van der Waals surface area (Å²) in [5.41, 5.74) is 1.13. The molecule has 120 valence electrons. The van der Waals surface area contributed by atoms with Crippen molar-refractivity contribution in [2.75, 3.05) is 13.2 Å². The van der Waals surface area contributed by atoms with Crippen molar-refractivity contribution in [1.82, 2.24) is 4.90 Å². The number of rotatable bonds is 3. The van der Waals surface area contributed by atoms with E-state index in [2.05, 4.69) is 56.9 Å². The molecule has 0 radical (unpaired) electrons. The van der Waals surface area contributed by atoms with Crippen LogP contribution in [0.4, 0.5) is 0 Å². The Hall–Kier alpha value is -1.35. The Morgan fingerprint density at radius 3 is 2.59 bits per heavy atom. The van der Waals surface area contributed by atoms with E-state index >= 15 is 0 Å². The molecule has 22 heavy (non-hydrogen) atoms. The van der Waals surface area contributed by atoms with E-state index < -0.39 is 0 Å². The van der Waals surface area contributed by atoms with Gasteiger partial charge in [-0.2, -0.15) is 0 Å². The molecule has 0 saturated carbocycles. The summed E-state index contributed by atoms with van der Waals surface area (Å²) in [6, 6.07) is 10.9. The fourth-order valence-electron chi connectivity index (χ4n) is 4.39. The minimum atomic E-state index is -0.313. The molecular weight excluding hydrogens is 274 g/mol. The average Bonchev–Trinajstić information content (AvgIpc) is 2.86. The van der Waals surface area contributed by atoms with Gasteiger partial charge in [0.15, 0.2) is 0 Å². The maximum atomic E-state index is 12.6. The second kappa shape index (κ2) is 5.38. The van der Waals surface area contributed by atoms with Gasteiger partial charge in [-0.15, -0.1) is 0 Å². The summed E-state index contributed by atoms with van der Waals surface area (Å²) in [6.45, 7) is 11.2. The van der Waals surface area contributed by atoms with Crippen LogP contribution in [0.5, 0.6) is 0 Å². The SMILES string of the molecule is C[C@@H]1[C@H]2COC(=O)[C@@]2(CC(C)(C)C)CN1Cc1ccccc1. The van der Waals surface area contributed by atoms with E-state index in [1.54, 1.807) is 0 Å². The Labute approximate surface area is 133 Å². The third-order valence-electron chi connectivity index (χ3n) is 5.23.